The Bertz CT molecular complexity index is 524. The van der Waals surface area contributed by atoms with E-state index in [0.29, 0.717) is 12.1 Å². The molecule has 0 heterocycles. The second-order valence-electron chi connectivity index (χ2n) is 3.14. The molecule has 0 saturated heterocycles. The Kier molecular flexibility index (Phi) is 4.72. The van der Waals surface area contributed by atoms with Crippen molar-refractivity contribution in [3.05, 3.63) is 29.3 Å². The highest BCUT2D eigenvalue weighted by molar-refractivity contribution is 8.13. The van der Waals surface area contributed by atoms with Crippen LogP contribution >= 0.6 is 11.8 Å². The zero-order valence-corrected chi connectivity index (χ0v) is 10.2. The highest BCUT2D eigenvalue weighted by Gasteiger charge is 2.37. The Labute approximate surface area is 109 Å². The van der Waals surface area contributed by atoms with Gasteiger partial charge in [-0.2, -0.15) is 18.4 Å². The van der Waals surface area contributed by atoms with E-state index in [-0.39, 0.29) is 10.9 Å². The van der Waals surface area contributed by atoms with Crippen LogP contribution in [0.1, 0.15) is 5.56 Å². The van der Waals surface area contributed by atoms with Gasteiger partial charge in [-0.15, -0.1) is 0 Å². The van der Waals surface area contributed by atoms with Crippen LogP contribution in [0.3, 0.4) is 0 Å². The van der Waals surface area contributed by atoms with Gasteiger partial charge in [0.15, 0.2) is 11.4 Å². The fraction of sp³-hybridized carbons (Fsp3) is 0.200. The lowest BCUT2D eigenvalue weighted by Crippen LogP contribution is -2.13. The molecule has 0 bridgehead atoms. The Morgan fingerprint density at radius 3 is 2.21 bits per heavy atom. The molecule has 1 N–H and O–H groups in total. The second kappa shape index (κ2) is 5.88. The van der Waals surface area contributed by atoms with Crippen LogP contribution in [0.4, 0.5) is 27.6 Å². The smallest absolute Gasteiger partial charge is 0.271 e. The van der Waals surface area contributed by atoms with Crippen molar-refractivity contribution >= 4 is 22.6 Å². The number of thioether (sulfide) groups is 1. The average Bonchev–Trinajstić information content (AvgIpc) is 2.25. The van der Waals surface area contributed by atoms with Gasteiger partial charge in [0, 0.05) is 12.1 Å². The highest BCUT2D eigenvalue weighted by atomic mass is 32.2. The molecule has 1 aromatic rings. The van der Waals surface area contributed by atoms with Gasteiger partial charge < -0.3 is 0 Å². The zero-order chi connectivity index (χ0) is 14.6. The number of nitrogens with zero attached hydrogens (tertiary/aromatic N) is 2. The standard InChI is InChI=1S/C10H6F5N3S/c1-19-9(17-4-16)18-5-2-6(11)8(7(12)3-5)10(13,14)15/h2-3H,1H3,(H,17,18). The van der Waals surface area contributed by atoms with Crippen LogP contribution in [0.2, 0.25) is 0 Å². The van der Waals surface area contributed by atoms with Crippen molar-refractivity contribution in [1.82, 2.24) is 5.32 Å². The predicted molar refractivity (Wildman–Crippen MR) is 60.7 cm³/mol. The Hall–Kier alpha value is -1.82. The van der Waals surface area contributed by atoms with Crippen molar-refractivity contribution in [2.75, 3.05) is 6.26 Å². The van der Waals surface area contributed by atoms with Crippen LogP contribution in [0, 0.1) is 23.1 Å². The molecule has 0 spiro atoms. The predicted octanol–water partition coefficient (Wildman–Crippen LogP) is 3.40. The molecule has 1 aromatic carbocycles. The number of benzene rings is 1. The van der Waals surface area contributed by atoms with Crippen LogP contribution in [-0.2, 0) is 6.18 Å². The summed E-state index contributed by atoms with van der Waals surface area (Å²) in [4.78, 5) is 3.61. The summed E-state index contributed by atoms with van der Waals surface area (Å²) >= 11 is 0.960. The number of hydrogen-bond donors (Lipinski definition) is 1. The molecule has 102 valence electrons. The maximum Gasteiger partial charge on any atom is 0.422 e. The summed E-state index contributed by atoms with van der Waals surface area (Å²) in [6, 6.07) is 0.891. The molecular formula is C10H6F5N3S. The summed E-state index contributed by atoms with van der Waals surface area (Å²) in [5.41, 5.74) is -2.33. The molecule has 19 heavy (non-hydrogen) atoms. The van der Waals surface area contributed by atoms with E-state index in [1.54, 1.807) is 0 Å². The van der Waals surface area contributed by atoms with Gasteiger partial charge in [-0.3, -0.25) is 5.32 Å². The van der Waals surface area contributed by atoms with Crippen molar-refractivity contribution in [1.29, 1.82) is 5.26 Å². The average molecular weight is 295 g/mol. The minimum absolute atomic E-state index is 0.000980. The maximum absolute atomic E-state index is 13.2. The summed E-state index contributed by atoms with van der Waals surface area (Å²) in [5, 5.41) is 10.5. The van der Waals surface area contributed by atoms with Gasteiger partial charge in [0.2, 0.25) is 0 Å². The van der Waals surface area contributed by atoms with Crippen LogP contribution in [0.15, 0.2) is 17.1 Å². The Morgan fingerprint density at radius 2 is 1.84 bits per heavy atom. The van der Waals surface area contributed by atoms with E-state index < -0.39 is 23.4 Å². The van der Waals surface area contributed by atoms with E-state index in [9.17, 15) is 22.0 Å². The number of rotatable bonds is 1. The fourth-order valence-electron chi connectivity index (χ4n) is 1.18. The van der Waals surface area contributed by atoms with Crippen LogP contribution < -0.4 is 5.32 Å². The van der Waals surface area contributed by atoms with Gasteiger partial charge in [-0.25, -0.2) is 13.8 Å². The number of halogens is 5. The van der Waals surface area contributed by atoms with Gasteiger partial charge in [0.1, 0.15) is 17.2 Å². The number of amidine groups is 1. The Morgan fingerprint density at radius 1 is 1.32 bits per heavy atom. The molecule has 3 nitrogen and oxygen atoms in total. The third kappa shape index (κ3) is 3.82. The largest absolute Gasteiger partial charge is 0.422 e. The number of alkyl halides is 3. The van der Waals surface area contributed by atoms with Gasteiger partial charge in [-0.1, -0.05) is 11.8 Å². The van der Waals surface area contributed by atoms with Crippen LogP contribution in [0.5, 0.6) is 0 Å². The molecule has 0 aliphatic carbocycles. The van der Waals surface area contributed by atoms with Crippen molar-refractivity contribution < 1.29 is 22.0 Å². The summed E-state index contributed by atoms with van der Waals surface area (Å²) in [7, 11) is 0. The van der Waals surface area contributed by atoms with Crippen LogP contribution in [-0.4, -0.2) is 11.4 Å². The zero-order valence-electron chi connectivity index (χ0n) is 9.35. The Balaban J connectivity index is 3.26. The van der Waals surface area contributed by atoms with Crippen molar-refractivity contribution in [3.63, 3.8) is 0 Å². The number of nitrogens with one attached hydrogen (secondary N) is 1. The highest BCUT2D eigenvalue weighted by Crippen LogP contribution is 2.35. The topological polar surface area (TPSA) is 48.2 Å². The van der Waals surface area contributed by atoms with Gasteiger partial charge in [-0.05, 0) is 6.26 Å². The molecule has 0 aliphatic heterocycles. The minimum atomic E-state index is -5.12. The van der Waals surface area contributed by atoms with Crippen molar-refractivity contribution in [2.45, 2.75) is 6.18 Å². The molecule has 0 fully saturated rings. The molecule has 0 radical (unpaired) electrons. The number of aliphatic imine (C=N–C) groups is 1. The van der Waals surface area contributed by atoms with Gasteiger partial charge in [0.05, 0.1) is 5.69 Å². The molecule has 0 aromatic heterocycles. The SMILES string of the molecule is CSC(=Nc1cc(F)c(C(F)(F)F)c(F)c1)NC#N. The summed E-state index contributed by atoms with van der Waals surface area (Å²) < 4.78 is 63.4. The normalized spacial score (nSPS) is 12.2. The quantitative estimate of drug-likeness (QED) is 0.284. The molecule has 9 heteroatoms. The lowest BCUT2D eigenvalue weighted by molar-refractivity contribution is -0.142. The lowest BCUT2D eigenvalue weighted by atomic mass is 10.1. The molecular weight excluding hydrogens is 289 g/mol. The third-order valence-corrected chi connectivity index (χ3v) is 2.48. The van der Waals surface area contributed by atoms with Gasteiger partial charge in [0.25, 0.3) is 0 Å². The molecule has 0 amide bonds. The third-order valence-electron chi connectivity index (χ3n) is 1.90. The van der Waals surface area contributed by atoms with E-state index in [4.69, 9.17) is 5.26 Å². The number of nitriles is 1. The lowest BCUT2D eigenvalue weighted by Gasteiger charge is -2.09. The van der Waals surface area contributed by atoms with Gasteiger partial charge >= 0.3 is 6.18 Å². The first-order chi connectivity index (χ1) is 8.79. The first-order valence-corrected chi connectivity index (χ1v) is 5.86. The molecule has 0 atom stereocenters. The van der Waals surface area contributed by atoms with E-state index in [1.165, 1.54) is 12.4 Å². The monoisotopic (exact) mass is 295 g/mol. The van der Waals surface area contributed by atoms with Crippen molar-refractivity contribution in [2.24, 2.45) is 4.99 Å². The first kappa shape index (κ1) is 15.2. The fourth-order valence-corrected chi connectivity index (χ4v) is 1.53. The van der Waals surface area contributed by atoms with Crippen LogP contribution in [0.25, 0.3) is 0 Å². The second-order valence-corrected chi connectivity index (χ2v) is 3.94. The van der Waals surface area contributed by atoms with E-state index in [0.717, 1.165) is 11.8 Å². The molecule has 1 rings (SSSR count). The summed E-state index contributed by atoms with van der Waals surface area (Å²) in [6.07, 6.45) is -2.06. The van der Waals surface area contributed by atoms with Crippen molar-refractivity contribution in [3.8, 4) is 6.19 Å². The van der Waals surface area contributed by atoms with E-state index in [1.807, 2.05) is 0 Å². The van der Waals surface area contributed by atoms with E-state index in [2.05, 4.69) is 10.3 Å². The van der Waals surface area contributed by atoms with E-state index >= 15 is 0 Å². The molecule has 0 saturated carbocycles. The molecule has 0 unspecified atom stereocenters. The summed E-state index contributed by atoms with van der Waals surface area (Å²) in [6.45, 7) is 0. The number of hydrogen-bond acceptors (Lipinski definition) is 3. The molecule has 0 aliphatic rings. The maximum atomic E-state index is 13.2. The summed E-state index contributed by atoms with van der Waals surface area (Å²) in [5.74, 6) is -3.52. The minimum Gasteiger partial charge on any atom is -0.271 e. The first-order valence-electron chi connectivity index (χ1n) is 4.63.